The molecule has 0 unspecified atom stereocenters. The van der Waals surface area contributed by atoms with Crippen molar-refractivity contribution in [3.05, 3.63) is 63.3 Å². The maximum Gasteiger partial charge on any atom is 0.305 e. The third kappa shape index (κ3) is 7.20. The van der Waals surface area contributed by atoms with Crippen LogP contribution in [0.2, 0.25) is 0 Å². The van der Waals surface area contributed by atoms with Gasteiger partial charge in [-0.25, -0.2) is 8.42 Å². The molecule has 0 aliphatic rings. The number of carbonyl (C=O) groups excluding carboxylic acids is 1. The summed E-state index contributed by atoms with van der Waals surface area (Å²) in [6, 6.07) is 12.9. The Morgan fingerprint density at radius 2 is 1.78 bits per heavy atom. The summed E-state index contributed by atoms with van der Waals surface area (Å²) in [5.74, 6) is 0.262. The summed E-state index contributed by atoms with van der Waals surface area (Å²) in [5.41, 5.74) is 2.34. The van der Waals surface area contributed by atoms with Gasteiger partial charge in [0.2, 0.25) is 5.91 Å². The number of phenolic OH excluding ortho intramolecular Hbond substituents is 1. The van der Waals surface area contributed by atoms with E-state index in [4.69, 9.17) is 0 Å². The Labute approximate surface area is 191 Å². The number of carbonyl (C=O) groups is 1. The fourth-order valence-electron chi connectivity index (χ4n) is 3.50. The monoisotopic (exact) mass is 476 g/mol. The number of unbranched alkanes of at least 4 members (excludes halogenated alkanes) is 2. The molecule has 2 aromatic carbocycles. The van der Waals surface area contributed by atoms with Crippen LogP contribution in [0.25, 0.3) is 10.2 Å². The second-order valence-electron chi connectivity index (χ2n) is 7.76. The lowest BCUT2D eigenvalue weighted by Crippen LogP contribution is -2.25. The highest BCUT2D eigenvalue weighted by molar-refractivity contribution is 7.91. The molecule has 0 atom stereocenters. The number of thiazole rings is 1. The number of phenols is 1. The summed E-state index contributed by atoms with van der Waals surface area (Å²) in [6.45, 7) is 0.429. The number of aromatic nitrogens is 1. The number of hydrogen-bond donors (Lipinski definition) is 3. The van der Waals surface area contributed by atoms with Crippen molar-refractivity contribution in [2.75, 3.05) is 18.1 Å². The first-order valence-corrected chi connectivity index (χ1v) is 13.3. The number of aromatic hydroxyl groups is 1. The second kappa shape index (κ2) is 11.3. The minimum atomic E-state index is -3.09. The van der Waals surface area contributed by atoms with Crippen LogP contribution in [0.5, 0.6) is 5.75 Å². The van der Waals surface area contributed by atoms with E-state index in [1.807, 2.05) is 30.3 Å². The number of aryl methyl sites for hydroxylation is 1. The molecule has 0 spiro atoms. The Kier molecular flexibility index (Phi) is 8.46. The number of hydrogen-bond acceptors (Lipinski definition) is 6. The van der Waals surface area contributed by atoms with Crippen molar-refractivity contribution in [3.8, 4) is 5.75 Å². The predicted octanol–water partition coefficient (Wildman–Crippen LogP) is 3.17. The van der Waals surface area contributed by atoms with E-state index in [0.717, 1.165) is 22.5 Å². The Hall–Kier alpha value is -2.65. The van der Waals surface area contributed by atoms with Crippen molar-refractivity contribution < 1.29 is 18.3 Å². The first-order chi connectivity index (χ1) is 15.3. The molecular weight excluding hydrogens is 448 g/mol. The minimum absolute atomic E-state index is 0.0354. The lowest BCUT2D eigenvalue weighted by Gasteiger charge is -2.07. The molecule has 0 aliphatic carbocycles. The highest BCUT2D eigenvalue weighted by Gasteiger charge is 2.12. The molecule has 1 aromatic heterocycles. The molecule has 3 N–H and O–H groups in total. The number of sulfone groups is 1. The van der Waals surface area contributed by atoms with Crippen LogP contribution in [0.15, 0.2) is 47.3 Å². The van der Waals surface area contributed by atoms with E-state index in [0.29, 0.717) is 55.3 Å². The molecule has 0 fully saturated rings. The zero-order valence-corrected chi connectivity index (χ0v) is 19.4. The van der Waals surface area contributed by atoms with Crippen molar-refractivity contribution in [2.45, 2.75) is 38.5 Å². The van der Waals surface area contributed by atoms with E-state index in [1.165, 1.54) is 6.07 Å². The third-order valence-electron chi connectivity index (χ3n) is 5.26. The normalized spacial score (nSPS) is 11.6. The summed E-state index contributed by atoms with van der Waals surface area (Å²) in [6.07, 6.45) is 3.32. The van der Waals surface area contributed by atoms with E-state index < -0.39 is 9.84 Å². The molecule has 0 aliphatic heterocycles. The van der Waals surface area contributed by atoms with Gasteiger partial charge in [0.25, 0.3) is 0 Å². The van der Waals surface area contributed by atoms with E-state index in [9.17, 15) is 23.1 Å². The molecule has 32 heavy (non-hydrogen) atoms. The van der Waals surface area contributed by atoms with Crippen LogP contribution in [0.1, 0.15) is 36.8 Å². The largest absolute Gasteiger partial charge is 0.506 e. The summed E-state index contributed by atoms with van der Waals surface area (Å²) in [7, 11) is -3.09. The van der Waals surface area contributed by atoms with Crippen molar-refractivity contribution >= 4 is 37.3 Å². The molecule has 0 saturated carbocycles. The van der Waals surface area contributed by atoms with Crippen LogP contribution in [0, 0.1) is 0 Å². The highest BCUT2D eigenvalue weighted by atomic mass is 32.2. The van der Waals surface area contributed by atoms with Crippen molar-refractivity contribution in [1.29, 1.82) is 0 Å². The maximum atomic E-state index is 12.2. The van der Waals surface area contributed by atoms with Gasteiger partial charge >= 0.3 is 4.87 Å². The average Bonchev–Trinajstić information content (AvgIpc) is 3.17. The molecule has 9 heteroatoms. The number of nitrogens with one attached hydrogen (secondary N) is 2. The molecule has 7 nitrogen and oxygen atoms in total. The zero-order chi connectivity index (χ0) is 23.0. The first kappa shape index (κ1) is 24.0. The Bertz CT molecular complexity index is 1200. The highest BCUT2D eigenvalue weighted by Crippen LogP contribution is 2.27. The Morgan fingerprint density at radius 3 is 2.56 bits per heavy atom. The van der Waals surface area contributed by atoms with Gasteiger partial charge in [0.05, 0.1) is 16.2 Å². The average molecular weight is 477 g/mol. The number of rotatable bonds is 12. The number of benzene rings is 2. The van der Waals surface area contributed by atoms with Gasteiger partial charge < -0.3 is 15.4 Å². The number of H-pyrrole nitrogens is 1. The maximum absolute atomic E-state index is 12.2. The van der Waals surface area contributed by atoms with E-state index in [1.54, 1.807) is 6.07 Å². The lowest BCUT2D eigenvalue weighted by molar-refractivity contribution is -0.121. The molecule has 3 aromatic rings. The summed E-state index contributed by atoms with van der Waals surface area (Å²) < 4.78 is 25.1. The number of aromatic amines is 1. The molecule has 3 rings (SSSR count). The molecule has 1 amide bonds. The SMILES string of the molecule is O=C(CCCCCS(=O)(=O)CCc1ccccc1)NCCc1ccc(O)c2[nH]c(=O)sc12. The van der Waals surface area contributed by atoms with Gasteiger partial charge in [-0.3, -0.25) is 9.59 Å². The van der Waals surface area contributed by atoms with Crippen molar-refractivity contribution in [2.24, 2.45) is 0 Å². The smallest absolute Gasteiger partial charge is 0.305 e. The second-order valence-corrected chi connectivity index (χ2v) is 11.0. The minimum Gasteiger partial charge on any atom is -0.506 e. The fourth-order valence-corrected chi connectivity index (χ4v) is 5.79. The summed E-state index contributed by atoms with van der Waals surface area (Å²) in [5, 5.41) is 12.7. The Morgan fingerprint density at radius 1 is 1.00 bits per heavy atom. The van der Waals surface area contributed by atoms with Crippen LogP contribution < -0.4 is 10.2 Å². The van der Waals surface area contributed by atoms with E-state index in [2.05, 4.69) is 10.3 Å². The van der Waals surface area contributed by atoms with Gasteiger partial charge in [0.1, 0.15) is 11.3 Å². The van der Waals surface area contributed by atoms with Gasteiger partial charge in [-0.2, -0.15) is 0 Å². The molecule has 0 saturated heterocycles. The molecule has 1 heterocycles. The molecule has 172 valence electrons. The fraction of sp³-hybridized carbons (Fsp3) is 0.391. The number of amides is 1. The number of fused-ring (bicyclic) bond motifs is 1. The molecule has 0 bridgehead atoms. The van der Waals surface area contributed by atoms with Crippen molar-refractivity contribution in [1.82, 2.24) is 10.3 Å². The van der Waals surface area contributed by atoms with Gasteiger partial charge in [-0.15, -0.1) is 0 Å². The van der Waals surface area contributed by atoms with Gasteiger partial charge in [0.15, 0.2) is 9.84 Å². The van der Waals surface area contributed by atoms with Crippen LogP contribution in [-0.2, 0) is 27.5 Å². The molecular formula is C23H28N2O5S2. The first-order valence-electron chi connectivity index (χ1n) is 10.7. The van der Waals surface area contributed by atoms with E-state index >= 15 is 0 Å². The summed E-state index contributed by atoms with van der Waals surface area (Å²) >= 11 is 1.04. The zero-order valence-electron chi connectivity index (χ0n) is 17.8. The van der Waals surface area contributed by atoms with Gasteiger partial charge in [-0.1, -0.05) is 54.2 Å². The van der Waals surface area contributed by atoms with Crippen molar-refractivity contribution in [3.63, 3.8) is 0 Å². The topological polar surface area (TPSA) is 116 Å². The van der Waals surface area contributed by atoms with Crippen LogP contribution in [0.3, 0.4) is 0 Å². The third-order valence-corrected chi connectivity index (χ3v) is 7.95. The standard InChI is InChI=1S/C23H28N2O5S2/c26-19-11-10-18(22-21(19)25-23(28)31-22)12-14-24-20(27)9-5-2-6-15-32(29,30)16-13-17-7-3-1-4-8-17/h1,3-4,7-8,10-11,26H,2,5-6,9,12-16H2,(H,24,27)(H,25,28). The quantitative estimate of drug-likeness (QED) is 0.347. The van der Waals surface area contributed by atoms with E-state index in [-0.39, 0.29) is 28.0 Å². The predicted molar refractivity (Wildman–Crippen MR) is 128 cm³/mol. The lowest BCUT2D eigenvalue weighted by atomic mass is 10.1. The molecule has 0 radical (unpaired) electrons. The van der Waals surface area contributed by atoms with Crippen LogP contribution >= 0.6 is 11.3 Å². The Balaban J connectivity index is 1.31. The van der Waals surface area contributed by atoms with Gasteiger partial charge in [0, 0.05) is 13.0 Å². The van der Waals surface area contributed by atoms with Crippen LogP contribution in [0.4, 0.5) is 0 Å². The summed E-state index contributed by atoms with van der Waals surface area (Å²) in [4.78, 5) is 26.0. The van der Waals surface area contributed by atoms with Crippen LogP contribution in [-0.4, -0.2) is 42.5 Å². The van der Waals surface area contributed by atoms with Gasteiger partial charge in [-0.05, 0) is 42.9 Å².